The Morgan fingerprint density at radius 3 is 3.07 bits per heavy atom. The molecule has 1 N–H and O–H groups in total. The molecule has 0 saturated carbocycles. The molecule has 0 aromatic heterocycles. The fraction of sp³-hybridized carbons (Fsp3) is 0.400. The molecule has 0 bridgehead atoms. The molecule has 74 valence electrons. The van der Waals surface area contributed by atoms with Crippen molar-refractivity contribution in [3.05, 3.63) is 33.9 Å². The van der Waals surface area contributed by atoms with Gasteiger partial charge in [0.2, 0.25) is 0 Å². The molecule has 0 radical (unpaired) electrons. The molecule has 0 spiro atoms. The van der Waals surface area contributed by atoms with Gasteiger partial charge < -0.3 is 5.32 Å². The Morgan fingerprint density at radius 1 is 1.64 bits per heavy atom. The molecule has 4 nitrogen and oxygen atoms in total. The minimum atomic E-state index is -0.342. The summed E-state index contributed by atoms with van der Waals surface area (Å²) in [5, 5.41) is 13.8. The Balaban J connectivity index is 2.42. The van der Waals surface area contributed by atoms with E-state index >= 15 is 0 Å². The second-order valence-corrected chi connectivity index (χ2v) is 3.51. The number of nitro groups is 1. The van der Waals surface area contributed by atoms with Crippen molar-refractivity contribution in [2.24, 2.45) is 0 Å². The van der Waals surface area contributed by atoms with Crippen LogP contribution in [0.5, 0.6) is 0 Å². The van der Waals surface area contributed by atoms with Gasteiger partial charge in [-0.2, -0.15) is 0 Å². The third-order valence-corrected chi connectivity index (χ3v) is 2.72. The molecule has 1 aliphatic rings. The van der Waals surface area contributed by atoms with E-state index in [2.05, 4.69) is 12.2 Å². The van der Waals surface area contributed by atoms with Crippen LogP contribution in [0.1, 0.15) is 24.8 Å². The van der Waals surface area contributed by atoms with Crippen LogP contribution in [0.3, 0.4) is 0 Å². The highest BCUT2D eigenvalue weighted by Gasteiger charge is 2.22. The average molecular weight is 192 g/mol. The predicted octanol–water partition coefficient (Wildman–Crippen LogP) is 2.51. The van der Waals surface area contributed by atoms with Gasteiger partial charge in [-0.15, -0.1) is 0 Å². The quantitative estimate of drug-likeness (QED) is 0.578. The van der Waals surface area contributed by atoms with Gasteiger partial charge in [0.25, 0.3) is 5.69 Å². The lowest BCUT2D eigenvalue weighted by Gasteiger charge is -2.04. The van der Waals surface area contributed by atoms with Gasteiger partial charge in [0.05, 0.1) is 4.92 Å². The first-order chi connectivity index (χ1) is 6.72. The van der Waals surface area contributed by atoms with Crippen molar-refractivity contribution < 1.29 is 4.92 Å². The molecular formula is C10H12N2O2. The molecule has 4 heteroatoms. The fourth-order valence-corrected chi connectivity index (χ4v) is 1.87. The van der Waals surface area contributed by atoms with E-state index < -0.39 is 0 Å². The van der Waals surface area contributed by atoms with Gasteiger partial charge in [-0.1, -0.05) is 6.92 Å². The summed E-state index contributed by atoms with van der Waals surface area (Å²) in [7, 11) is 0. The number of fused-ring (bicyclic) bond motifs is 1. The smallest absolute Gasteiger partial charge is 0.269 e. The number of non-ortho nitro benzene ring substituents is 1. The molecule has 1 atom stereocenters. The Kier molecular flexibility index (Phi) is 2.11. The van der Waals surface area contributed by atoms with E-state index in [-0.39, 0.29) is 10.6 Å². The summed E-state index contributed by atoms with van der Waals surface area (Å²) in [6, 6.07) is 5.02. The van der Waals surface area contributed by atoms with Crippen LogP contribution in [-0.2, 0) is 0 Å². The van der Waals surface area contributed by atoms with Gasteiger partial charge in [0, 0.05) is 30.3 Å². The molecule has 1 unspecified atom stereocenters. The number of nitrogens with zero attached hydrogens (tertiary/aromatic N) is 1. The van der Waals surface area contributed by atoms with Crippen LogP contribution in [0.2, 0.25) is 0 Å². The lowest BCUT2D eigenvalue weighted by atomic mass is 9.98. The summed E-state index contributed by atoms with van der Waals surface area (Å²) < 4.78 is 0. The molecule has 1 aromatic carbocycles. The zero-order valence-corrected chi connectivity index (χ0v) is 7.99. The Bertz CT molecular complexity index is 376. The summed E-state index contributed by atoms with van der Waals surface area (Å²) >= 11 is 0. The highest BCUT2D eigenvalue weighted by atomic mass is 16.6. The number of rotatable bonds is 2. The number of benzene rings is 1. The Morgan fingerprint density at radius 2 is 2.43 bits per heavy atom. The van der Waals surface area contributed by atoms with E-state index in [1.807, 2.05) is 0 Å². The average Bonchev–Trinajstić information content (AvgIpc) is 2.59. The number of nitro benzene ring substituents is 1. The number of nitrogens with one attached hydrogen (secondary N) is 1. The summed E-state index contributed by atoms with van der Waals surface area (Å²) in [4.78, 5) is 10.2. The third kappa shape index (κ3) is 1.32. The van der Waals surface area contributed by atoms with Crippen molar-refractivity contribution in [3.63, 3.8) is 0 Å². The molecule has 2 rings (SSSR count). The van der Waals surface area contributed by atoms with Gasteiger partial charge in [0.15, 0.2) is 0 Å². The van der Waals surface area contributed by atoms with E-state index in [9.17, 15) is 10.1 Å². The van der Waals surface area contributed by atoms with Crippen LogP contribution in [0.25, 0.3) is 0 Å². The summed E-state index contributed by atoms with van der Waals surface area (Å²) in [6.07, 6.45) is 1.02. The molecule has 1 aromatic rings. The summed E-state index contributed by atoms with van der Waals surface area (Å²) in [5.41, 5.74) is 2.31. The Labute approximate surface area is 82.1 Å². The van der Waals surface area contributed by atoms with E-state index in [0.29, 0.717) is 5.92 Å². The molecule has 1 aliphatic heterocycles. The van der Waals surface area contributed by atoms with Gasteiger partial charge in [-0.25, -0.2) is 0 Å². The minimum absolute atomic E-state index is 0.186. The molecule has 1 heterocycles. The van der Waals surface area contributed by atoms with E-state index in [4.69, 9.17) is 0 Å². The minimum Gasteiger partial charge on any atom is -0.384 e. The highest BCUT2D eigenvalue weighted by Crippen LogP contribution is 2.35. The van der Waals surface area contributed by atoms with Crippen LogP contribution >= 0.6 is 0 Å². The monoisotopic (exact) mass is 192 g/mol. The first-order valence-corrected chi connectivity index (χ1v) is 4.74. The largest absolute Gasteiger partial charge is 0.384 e. The predicted molar refractivity (Wildman–Crippen MR) is 54.6 cm³/mol. The molecule has 14 heavy (non-hydrogen) atoms. The third-order valence-electron chi connectivity index (χ3n) is 2.72. The second-order valence-electron chi connectivity index (χ2n) is 3.51. The fourth-order valence-electron chi connectivity index (χ4n) is 1.87. The normalized spacial score (nSPS) is 18.8. The van der Waals surface area contributed by atoms with Crippen LogP contribution < -0.4 is 5.32 Å². The zero-order valence-electron chi connectivity index (χ0n) is 7.99. The maximum atomic E-state index is 10.6. The lowest BCUT2D eigenvalue weighted by Crippen LogP contribution is -1.99. The second kappa shape index (κ2) is 3.29. The van der Waals surface area contributed by atoms with Crippen LogP contribution in [0.4, 0.5) is 11.4 Å². The van der Waals surface area contributed by atoms with Crippen molar-refractivity contribution >= 4 is 11.4 Å². The SMILES string of the molecule is CCC1CNc2ccc([N+](=O)[O-])cc21. The van der Waals surface area contributed by atoms with Gasteiger partial charge >= 0.3 is 0 Å². The van der Waals surface area contributed by atoms with Crippen LogP contribution in [0, 0.1) is 10.1 Å². The van der Waals surface area contributed by atoms with Crippen molar-refractivity contribution in [1.29, 1.82) is 0 Å². The van der Waals surface area contributed by atoms with E-state index in [1.54, 1.807) is 18.2 Å². The molecule has 0 amide bonds. The van der Waals surface area contributed by atoms with Crippen LogP contribution in [-0.4, -0.2) is 11.5 Å². The highest BCUT2D eigenvalue weighted by molar-refractivity contribution is 5.61. The topological polar surface area (TPSA) is 55.2 Å². The van der Waals surface area contributed by atoms with E-state index in [1.165, 1.54) is 0 Å². The van der Waals surface area contributed by atoms with Crippen molar-refractivity contribution in [2.45, 2.75) is 19.3 Å². The van der Waals surface area contributed by atoms with Crippen molar-refractivity contribution in [2.75, 3.05) is 11.9 Å². The van der Waals surface area contributed by atoms with Gasteiger partial charge in [-0.05, 0) is 18.1 Å². The maximum absolute atomic E-state index is 10.6. The number of anilines is 1. The molecule has 0 fully saturated rings. The molecule has 0 saturated heterocycles. The molecular weight excluding hydrogens is 180 g/mol. The molecule has 0 aliphatic carbocycles. The number of hydrogen-bond acceptors (Lipinski definition) is 3. The standard InChI is InChI=1S/C10H12N2O2/c1-2-7-6-11-10-4-3-8(12(13)14)5-9(7)10/h3-5,7,11H,2,6H2,1H3. The lowest BCUT2D eigenvalue weighted by molar-refractivity contribution is -0.384. The Hall–Kier alpha value is -1.58. The van der Waals surface area contributed by atoms with Crippen molar-refractivity contribution in [3.8, 4) is 0 Å². The first-order valence-electron chi connectivity index (χ1n) is 4.74. The maximum Gasteiger partial charge on any atom is 0.269 e. The summed E-state index contributed by atoms with van der Waals surface area (Å²) in [6.45, 7) is 2.99. The van der Waals surface area contributed by atoms with Gasteiger partial charge in [0.1, 0.15) is 0 Å². The zero-order chi connectivity index (χ0) is 10.1. The van der Waals surface area contributed by atoms with Crippen molar-refractivity contribution in [1.82, 2.24) is 0 Å². The van der Waals surface area contributed by atoms with Gasteiger partial charge in [-0.3, -0.25) is 10.1 Å². The first kappa shape index (κ1) is 8.99. The van der Waals surface area contributed by atoms with Crippen LogP contribution in [0.15, 0.2) is 18.2 Å². The summed E-state index contributed by atoms with van der Waals surface area (Å²) in [5.74, 6) is 0.421. The number of hydrogen-bond donors (Lipinski definition) is 1. The van der Waals surface area contributed by atoms with E-state index in [0.717, 1.165) is 24.2 Å².